The van der Waals surface area contributed by atoms with Crippen LogP contribution in [0.15, 0.2) is 11.8 Å². The van der Waals surface area contributed by atoms with Gasteiger partial charge in [-0.2, -0.15) is 0 Å². The molecule has 3 heterocycles. The van der Waals surface area contributed by atoms with E-state index in [4.69, 9.17) is 36.1 Å². The Morgan fingerprint density at radius 3 is 2.58 bits per heavy atom. The molecule has 3 fully saturated rings. The highest BCUT2D eigenvalue weighted by Crippen LogP contribution is 2.32. The molecule has 1 saturated carbocycles. The van der Waals surface area contributed by atoms with Gasteiger partial charge in [0.05, 0.1) is 37.4 Å². The summed E-state index contributed by atoms with van der Waals surface area (Å²) in [6.07, 6.45) is -4.99. The zero-order valence-corrected chi connectivity index (χ0v) is 26.0. The highest BCUT2D eigenvalue weighted by Gasteiger charge is 2.52. The fourth-order valence-corrected chi connectivity index (χ4v) is 6.35. The van der Waals surface area contributed by atoms with Crippen LogP contribution in [0.3, 0.4) is 0 Å². The second kappa shape index (κ2) is 15.6. The molecule has 1 amide bonds. The number of likely N-dealkylation sites (N-methyl/N-ethyl adjacent to an activating group) is 1. The lowest BCUT2D eigenvalue weighted by atomic mass is 9.83. The lowest BCUT2D eigenvalue weighted by Crippen LogP contribution is -2.70. The third-order valence-electron chi connectivity index (χ3n) is 9.03. The Morgan fingerprint density at radius 2 is 1.91 bits per heavy atom. The van der Waals surface area contributed by atoms with Gasteiger partial charge in [-0.25, -0.2) is 0 Å². The van der Waals surface area contributed by atoms with E-state index in [0.29, 0.717) is 44.8 Å². The highest BCUT2D eigenvalue weighted by atomic mass is 16.7. The first kappa shape index (κ1) is 36.3. The van der Waals surface area contributed by atoms with E-state index in [1.807, 2.05) is 6.08 Å². The third kappa shape index (κ3) is 8.68. The number of hydrogen-bond acceptors (Lipinski definition) is 16. The van der Waals surface area contributed by atoms with Crippen molar-refractivity contribution in [2.24, 2.45) is 17.2 Å². The van der Waals surface area contributed by atoms with Gasteiger partial charge in [0.2, 0.25) is 6.29 Å². The van der Waals surface area contributed by atoms with Crippen LogP contribution in [0.2, 0.25) is 0 Å². The molecule has 3 aliphatic heterocycles. The maximum atomic E-state index is 13.2. The Morgan fingerprint density at radius 1 is 1.18 bits per heavy atom. The number of carbonyl (C=O) groups is 1. The van der Waals surface area contributed by atoms with Crippen molar-refractivity contribution in [2.45, 2.75) is 111 Å². The van der Waals surface area contributed by atoms with Crippen molar-refractivity contribution in [1.82, 2.24) is 21.3 Å². The van der Waals surface area contributed by atoms with Crippen molar-refractivity contribution < 1.29 is 49.3 Å². The van der Waals surface area contributed by atoms with Crippen LogP contribution >= 0.6 is 0 Å². The molecule has 0 aromatic carbocycles. The first-order chi connectivity index (χ1) is 21.3. The second-order valence-corrected chi connectivity index (χ2v) is 12.8. The standard InChI is InChI=1S/C28H53N7O10/c1-27(40)13-42-25(20(38)23(27)32-2)45-22-18(35-26(39)28(41)6-8-33-12-28)9-17(31)21(19(22)37)44-24-16(30)4-3-15(43-24)11-34-10-14(36)5-7-29/h3,14,16-25,32-34,36-38,40-41H,4-13,29-31H2,1-2H3,(H,35,39)/t14?,16-,17+,18-,19+,20-,21-,22+,23-,24-,25-,27+,28?/m1/s1. The van der Waals surface area contributed by atoms with E-state index < -0.39 is 84.4 Å². The van der Waals surface area contributed by atoms with E-state index in [1.54, 1.807) is 7.05 Å². The summed E-state index contributed by atoms with van der Waals surface area (Å²) in [6.45, 7) is 2.85. The van der Waals surface area contributed by atoms with Crippen LogP contribution in [-0.4, -0.2) is 156 Å². The van der Waals surface area contributed by atoms with Crippen LogP contribution in [0.25, 0.3) is 0 Å². The van der Waals surface area contributed by atoms with Gasteiger partial charge in [-0.05, 0) is 58.8 Å². The Bertz CT molecular complexity index is 1000. The zero-order chi connectivity index (χ0) is 32.9. The minimum absolute atomic E-state index is 0.0639. The van der Waals surface area contributed by atoms with Crippen molar-refractivity contribution in [1.29, 1.82) is 0 Å². The summed E-state index contributed by atoms with van der Waals surface area (Å²) >= 11 is 0. The summed E-state index contributed by atoms with van der Waals surface area (Å²) in [7, 11) is 1.58. The van der Waals surface area contributed by atoms with Crippen LogP contribution in [0, 0.1) is 0 Å². The number of rotatable bonds is 13. The average molecular weight is 648 g/mol. The SMILES string of the molecule is CN[C@@H]1[C@@H](O)[C@@H](O[C@@H]2[C@@H](O)[C@H](O[C@H]3OC(CNCC(O)CCN)=CC[C@H]3N)[C@@H](N)C[C@H]2NC(=O)C2(O)CCNC2)OC[C@]1(C)O. The summed E-state index contributed by atoms with van der Waals surface area (Å²) in [6, 6.07) is -3.13. The van der Waals surface area contributed by atoms with Gasteiger partial charge in [0, 0.05) is 19.1 Å². The van der Waals surface area contributed by atoms with E-state index in [9.17, 15) is 30.3 Å². The molecule has 4 aliphatic rings. The molecule has 15 N–H and O–H groups in total. The summed E-state index contributed by atoms with van der Waals surface area (Å²) in [5.41, 5.74) is 15.2. The molecule has 2 saturated heterocycles. The molecule has 0 spiro atoms. The molecule has 13 atom stereocenters. The molecule has 45 heavy (non-hydrogen) atoms. The van der Waals surface area contributed by atoms with Gasteiger partial charge in [0.1, 0.15) is 35.8 Å². The second-order valence-electron chi connectivity index (χ2n) is 12.8. The number of β-amino-alcohol motifs (C(OH)–C–C–N with tert-alkyl or cyclic N) is 1. The lowest BCUT2D eigenvalue weighted by Gasteiger charge is -2.49. The Balaban J connectivity index is 1.48. The molecule has 260 valence electrons. The van der Waals surface area contributed by atoms with Gasteiger partial charge in [0.25, 0.3) is 5.91 Å². The molecule has 2 unspecified atom stereocenters. The van der Waals surface area contributed by atoms with Crippen LogP contribution in [0.1, 0.15) is 32.6 Å². The minimum Gasteiger partial charge on any atom is -0.467 e. The monoisotopic (exact) mass is 647 g/mol. The smallest absolute Gasteiger partial charge is 0.253 e. The summed E-state index contributed by atoms with van der Waals surface area (Å²) in [4.78, 5) is 13.2. The summed E-state index contributed by atoms with van der Waals surface area (Å²) in [5.74, 6) is -0.108. The molecule has 0 aromatic heterocycles. The lowest BCUT2D eigenvalue weighted by molar-refractivity contribution is -0.304. The van der Waals surface area contributed by atoms with E-state index in [2.05, 4.69) is 21.3 Å². The molecule has 17 heteroatoms. The van der Waals surface area contributed by atoms with E-state index in [1.165, 1.54) is 6.92 Å². The van der Waals surface area contributed by atoms with Gasteiger partial charge in [-0.15, -0.1) is 0 Å². The molecule has 17 nitrogen and oxygen atoms in total. The maximum Gasteiger partial charge on any atom is 0.253 e. The number of hydrogen-bond donors (Lipinski definition) is 12. The fraction of sp³-hybridized carbons (Fsp3) is 0.893. The van der Waals surface area contributed by atoms with Crippen LogP contribution in [0.4, 0.5) is 0 Å². The minimum atomic E-state index is -1.65. The van der Waals surface area contributed by atoms with Gasteiger partial charge in [-0.1, -0.05) is 0 Å². The molecule has 0 bridgehead atoms. The van der Waals surface area contributed by atoms with Crippen molar-refractivity contribution in [3.05, 3.63) is 11.8 Å². The molecule has 0 aromatic rings. The Labute approximate surface area is 263 Å². The van der Waals surface area contributed by atoms with E-state index in [-0.39, 0.29) is 26.0 Å². The summed E-state index contributed by atoms with van der Waals surface area (Å²) < 4.78 is 24.0. The van der Waals surface area contributed by atoms with Gasteiger partial charge < -0.3 is 82.9 Å². The van der Waals surface area contributed by atoms with Gasteiger partial charge in [-0.3, -0.25) is 4.79 Å². The molecule has 0 radical (unpaired) electrons. The van der Waals surface area contributed by atoms with E-state index >= 15 is 0 Å². The number of nitrogens with one attached hydrogen (secondary N) is 4. The Kier molecular flexibility index (Phi) is 12.6. The maximum absolute atomic E-state index is 13.2. The molecular weight excluding hydrogens is 594 g/mol. The van der Waals surface area contributed by atoms with Crippen LogP contribution in [0.5, 0.6) is 0 Å². The largest absolute Gasteiger partial charge is 0.467 e. The van der Waals surface area contributed by atoms with Gasteiger partial charge >= 0.3 is 0 Å². The fourth-order valence-electron chi connectivity index (χ4n) is 6.35. The van der Waals surface area contributed by atoms with Crippen LogP contribution in [-0.2, 0) is 23.7 Å². The van der Waals surface area contributed by atoms with Crippen molar-refractivity contribution in [3.8, 4) is 0 Å². The molecular formula is C28H53N7O10. The first-order valence-corrected chi connectivity index (χ1v) is 15.7. The summed E-state index contributed by atoms with van der Waals surface area (Å²) in [5, 5.41) is 65.9. The number of nitrogens with two attached hydrogens (primary N) is 3. The van der Waals surface area contributed by atoms with Crippen molar-refractivity contribution >= 4 is 5.91 Å². The number of aliphatic hydroxyl groups is 5. The van der Waals surface area contributed by atoms with Crippen molar-refractivity contribution in [2.75, 3.05) is 46.4 Å². The molecule has 1 aliphatic carbocycles. The zero-order valence-electron chi connectivity index (χ0n) is 26.0. The topological polar surface area (TPSA) is 281 Å². The quantitative estimate of drug-likeness (QED) is 0.0887. The predicted molar refractivity (Wildman–Crippen MR) is 160 cm³/mol. The third-order valence-corrected chi connectivity index (χ3v) is 9.03. The van der Waals surface area contributed by atoms with E-state index in [0.717, 1.165) is 0 Å². The normalized spacial score (nSPS) is 42.9. The average Bonchev–Trinajstić information content (AvgIpc) is 3.43. The van der Waals surface area contributed by atoms with Crippen LogP contribution < -0.4 is 38.5 Å². The number of amides is 1. The van der Waals surface area contributed by atoms with Crippen molar-refractivity contribution in [3.63, 3.8) is 0 Å². The number of aliphatic hydroxyl groups excluding tert-OH is 3. The first-order valence-electron chi connectivity index (χ1n) is 15.7. The number of ether oxygens (including phenoxy) is 4. The van der Waals surface area contributed by atoms with Gasteiger partial charge in [0.15, 0.2) is 11.9 Å². The number of carbonyl (C=O) groups excluding carboxylic acids is 1. The molecule has 4 rings (SSSR count). The predicted octanol–water partition coefficient (Wildman–Crippen LogP) is -5.63. The Hall–Kier alpha value is -1.55. The highest BCUT2D eigenvalue weighted by molar-refractivity contribution is 5.86.